The summed E-state index contributed by atoms with van der Waals surface area (Å²) in [5.41, 5.74) is 3.19. The first-order valence-corrected chi connectivity index (χ1v) is 10.5. The van der Waals surface area contributed by atoms with Crippen LogP contribution in [0.5, 0.6) is 0 Å². The van der Waals surface area contributed by atoms with Crippen molar-refractivity contribution in [3.8, 4) is 0 Å². The Bertz CT molecular complexity index is 823. The first kappa shape index (κ1) is 19.6. The summed E-state index contributed by atoms with van der Waals surface area (Å²) >= 11 is 0. The molecule has 29 heavy (non-hydrogen) atoms. The summed E-state index contributed by atoms with van der Waals surface area (Å²) in [6, 6.07) is 10.4. The van der Waals surface area contributed by atoms with Gasteiger partial charge in [-0.15, -0.1) is 0 Å². The van der Waals surface area contributed by atoms with Crippen LogP contribution in [0.2, 0.25) is 0 Å². The maximum absolute atomic E-state index is 12.9. The van der Waals surface area contributed by atoms with Crippen LogP contribution >= 0.6 is 0 Å². The largest absolute Gasteiger partial charge is 0.381 e. The van der Waals surface area contributed by atoms with Crippen molar-refractivity contribution in [2.75, 3.05) is 25.1 Å². The summed E-state index contributed by atoms with van der Waals surface area (Å²) in [5, 5.41) is 6.59. The van der Waals surface area contributed by atoms with Crippen LogP contribution in [0.1, 0.15) is 49.0 Å². The zero-order valence-electron chi connectivity index (χ0n) is 16.9. The number of hydrogen-bond acceptors (Lipinski definition) is 5. The molecule has 2 N–H and O–H groups in total. The molecule has 0 saturated carbocycles. The Morgan fingerprint density at radius 1 is 1.28 bits per heavy atom. The number of rotatable bonds is 5. The van der Waals surface area contributed by atoms with E-state index in [9.17, 15) is 4.79 Å². The van der Waals surface area contributed by atoms with Gasteiger partial charge in [-0.05, 0) is 36.8 Å². The van der Waals surface area contributed by atoms with E-state index in [1.165, 1.54) is 0 Å². The van der Waals surface area contributed by atoms with Crippen molar-refractivity contribution in [2.24, 2.45) is 0 Å². The molecular weight excluding hydrogens is 366 g/mol. The average Bonchev–Trinajstić information content (AvgIpc) is 2.78. The van der Waals surface area contributed by atoms with Crippen LogP contribution < -0.4 is 10.6 Å². The van der Waals surface area contributed by atoms with Crippen LogP contribution in [-0.4, -0.2) is 46.7 Å². The van der Waals surface area contributed by atoms with Crippen molar-refractivity contribution in [3.63, 3.8) is 0 Å². The molecule has 4 rings (SSSR count). The number of hydrogen-bond donors (Lipinski definition) is 2. The molecule has 7 heteroatoms. The average molecular weight is 396 g/mol. The maximum atomic E-state index is 12.9. The predicted octanol–water partition coefficient (Wildman–Crippen LogP) is 3.29. The van der Waals surface area contributed by atoms with Crippen molar-refractivity contribution in [3.05, 3.63) is 53.3 Å². The first-order chi connectivity index (χ1) is 14.2. The molecule has 1 aromatic carbocycles. The number of benzene rings is 1. The SMILES string of the molecule is CC[C@@H](NC(=O)N1CCc2cnc(NC3CCOCC3)nc2C1)c1ccccc1. The Hall–Kier alpha value is -2.67. The number of anilines is 1. The number of fused-ring (bicyclic) bond motifs is 1. The fraction of sp³-hybridized carbons (Fsp3) is 0.500. The fourth-order valence-electron chi connectivity index (χ4n) is 3.92. The van der Waals surface area contributed by atoms with E-state index in [1.807, 2.05) is 29.3 Å². The molecule has 3 heterocycles. The minimum atomic E-state index is -0.0381. The molecular formula is C22H29N5O2. The molecule has 2 aliphatic heterocycles. The summed E-state index contributed by atoms with van der Waals surface area (Å²) in [6.07, 6.45) is 5.46. The summed E-state index contributed by atoms with van der Waals surface area (Å²) in [7, 11) is 0. The topological polar surface area (TPSA) is 79.4 Å². The smallest absolute Gasteiger partial charge is 0.318 e. The zero-order valence-corrected chi connectivity index (χ0v) is 16.9. The molecule has 0 unspecified atom stereocenters. The van der Waals surface area contributed by atoms with E-state index in [-0.39, 0.29) is 12.1 Å². The van der Waals surface area contributed by atoms with E-state index in [2.05, 4.69) is 34.7 Å². The van der Waals surface area contributed by atoms with E-state index >= 15 is 0 Å². The number of amides is 2. The van der Waals surface area contributed by atoms with Crippen molar-refractivity contribution < 1.29 is 9.53 Å². The molecule has 1 saturated heterocycles. The molecule has 0 aliphatic carbocycles. The molecule has 7 nitrogen and oxygen atoms in total. The molecule has 2 amide bonds. The molecule has 2 aromatic rings. The van der Waals surface area contributed by atoms with Gasteiger partial charge >= 0.3 is 6.03 Å². The van der Waals surface area contributed by atoms with Crippen molar-refractivity contribution in [1.82, 2.24) is 20.2 Å². The quantitative estimate of drug-likeness (QED) is 0.812. The van der Waals surface area contributed by atoms with Gasteiger partial charge < -0.3 is 20.3 Å². The van der Waals surface area contributed by atoms with Gasteiger partial charge in [0.15, 0.2) is 0 Å². The van der Waals surface area contributed by atoms with Gasteiger partial charge in [0.2, 0.25) is 5.95 Å². The third-order valence-electron chi connectivity index (χ3n) is 5.70. The van der Waals surface area contributed by atoms with E-state index in [4.69, 9.17) is 9.72 Å². The van der Waals surface area contributed by atoms with Gasteiger partial charge in [-0.1, -0.05) is 37.3 Å². The molecule has 0 radical (unpaired) electrons. The number of carbonyl (C=O) groups is 1. The Labute approximate surface area is 171 Å². The highest BCUT2D eigenvalue weighted by Crippen LogP contribution is 2.21. The van der Waals surface area contributed by atoms with Gasteiger partial charge in [0.25, 0.3) is 0 Å². The lowest BCUT2D eigenvalue weighted by molar-refractivity contribution is 0.0903. The highest BCUT2D eigenvalue weighted by molar-refractivity contribution is 5.75. The third-order valence-corrected chi connectivity index (χ3v) is 5.70. The van der Waals surface area contributed by atoms with Crippen molar-refractivity contribution >= 4 is 12.0 Å². The van der Waals surface area contributed by atoms with E-state index in [0.29, 0.717) is 25.1 Å². The Morgan fingerprint density at radius 3 is 2.83 bits per heavy atom. The van der Waals surface area contributed by atoms with E-state index < -0.39 is 0 Å². The van der Waals surface area contributed by atoms with E-state index in [1.54, 1.807) is 0 Å². The van der Waals surface area contributed by atoms with Crippen LogP contribution in [0.25, 0.3) is 0 Å². The monoisotopic (exact) mass is 395 g/mol. The molecule has 2 aliphatic rings. The highest BCUT2D eigenvalue weighted by Gasteiger charge is 2.25. The van der Waals surface area contributed by atoms with Gasteiger partial charge in [0, 0.05) is 32.0 Å². The number of nitrogens with one attached hydrogen (secondary N) is 2. The highest BCUT2D eigenvalue weighted by atomic mass is 16.5. The lowest BCUT2D eigenvalue weighted by Gasteiger charge is -2.30. The number of urea groups is 1. The van der Waals surface area contributed by atoms with Crippen LogP contribution in [0.4, 0.5) is 10.7 Å². The Kier molecular flexibility index (Phi) is 6.24. The second-order valence-electron chi connectivity index (χ2n) is 7.69. The second kappa shape index (κ2) is 9.22. The summed E-state index contributed by atoms with van der Waals surface area (Å²) in [4.78, 5) is 23.9. The Morgan fingerprint density at radius 2 is 2.07 bits per heavy atom. The molecule has 1 aromatic heterocycles. The van der Waals surface area contributed by atoms with Crippen LogP contribution in [0, 0.1) is 0 Å². The predicted molar refractivity (Wildman–Crippen MR) is 112 cm³/mol. The lowest BCUT2D eigenvalue weighted by atomic mass is 10.0. The summed E-state index contributed by atoms with van der Waals surface area (Å²) in [6.45, 7) is 4.83. The molecule has 154 valence electrons. The normalized spacial score (nSPS) is 18.0. The van der Waals surface area contributed by atoms with Crippen molar-refractivity contribution in [1.29, 1.82) is 0 Å². The second-order valence-corrected chi connectivity index (χ2v) is 7.69. The number of nitrogens with zero attached hydrogens (tertiary/aromatic N) is 3. The standard InChI is InChI=1S/C22H29N5O2/c1-2-19(16-6-4-3-5-7-16)26-22(28)27-11-8-17-14-23-21(25-20(17)15-27)24-18-9-12-29-13-10-18/h3-7,14,18-19H,2,8-13,15H2,1H3,(H,26,28)(H,23,24,25)/t19-/m1/s1. The minimum Gasteiger partial charge on any atom is -0.381 e. The van der Waals surface area contributed by atoms with Gasteiger partial charge in [-0.2, -0.15) is 0 Å². The number of aromatic nitrogens is 2. The zero-order chi connectivity index (χ0) is 20.1. The lowest BCUT2D eigenvalue weighted by Crippen LogP contribution is -2.44. The number of ether oxygens (including phenoxy) is 1. The van der Waals surface area contributed by atoms with Gasteiger partial charge in [0.05, 0.1) is 18.3 Å². The van der Waals surface area contributed by atoms with Gasteiger partial charge in [-0.3, -0.25) is 0 Å². The first-order valence-electron chi connectivity index (χ1n) is 10.5. The van der Waals surface area contributed by atoms with Crippen LogP contribution in [0.15, 0.2) is 36.5 Å². The molecule has 1 fully saturated rings. The van der Waals surface area contributed by atoms with E-state index in [0.717, 1.165) is 55.7 Å². The Balaban J connectivity index is 1.40. The molecule has 1 atom stereocenters. The molecule has 0 spiro atoms. The van der Waals surface area contributed by atoms with Crippen LogP contribution in [-0.2, 0) is 17.7 Å². The molecule has 0 bridgehead atoms. The summed E-state index contributed by atoms with van der Waals surface area (Å²) in [5.74, 6) is 0.647. The minimum absolute atomic E-state index is 0.0150. The number of carbonyl (C=O) groups excluding carboxylic acids is 1. The van der Waals surface area contributed by atoms with Gasteiger partial charge in [-0.25, -0.2) is 14.8 Å². The van der Waals surface area contributed by atoms with Crippen molar-refractivity contribution in [2.45, 2.75) is 51.2 Å². The van der Waals surface area contributed by atoms with Crippen LogP contribution in [0.3, 0.4) is 0 Å². The summed E-state index contributed by atoms with van der Waals surface area (Å²) < 4.78 is 5.41. The maximum Gasteiger partial charge on any atom is 0.318 e. The van der Waals surface area contributed by atoms with Gasteiger partial charge in [0.1, 0.15) is 0 Å². The fourth-order valence-corrected chi connectivity index (χ4v) is 3.92. The third kappa shape index (κ3) is 4.85.